The molecule has 0 spiro atoms. The maximum Gasteiger partial charge on any atom is 0.246 e. The third kappa shape index (κ3) is 4.28. The van der Waals surface area contributed by atoms with Crippen molar-refractivity contribution in [3.63, 3.8) is 0 Å². The minimum absolute atomic E-state index is 0.00587. The number of nitrogens with zero attached hydrogens (tertiary/aromatic N) is 3. The first-order valence-electron chi connectivity index (χ1n) is 9.02. The van der Waals surface area contributed by atoms with Crippen LogP contribution in [-0.2, 0) is 9.59 Å². The summed E-state index contributed by atoms with van der Waals surface area (Å²) in [5.41, 5.74) is 0.961. The van der Waals surface area contributed by atoms with E-state index < -0.39 is 0 Å². The van der Waals surface area contributed by atoms with Gasteiger partial charge in [0.15, 0.2) is 0 Å². The Morgan fingerprint density at radius 2 is 1.96 bits per heavy atom. The molecule has 1 saturated carbocycles. The molecule has 136 valence electrons. The summed E-state index contributed by atoms with van der Waals surface area (Å²) in [4.78, 5) is 32.7. The van der Waals surface area contributed by atoms with Crippen LogP contribution in [0.4, 0.5) is 0 Å². The molecule has 4 rings (SSSR count). The van der Waals surface area contributed by atoms with Gasteiger partial charge in [0.2, 0.25) is 11.8 Å². The van der Waals surface area contributed by atoms with Crippen molar-refractivity contribution in [2.45, 2.75) is 18.9 Å². The molecule has 0 atom stereocenters. The lowest BCUT2D eigenvalue weighted by Crippen LogP contribution is -2.51. The summed E-state index contributed by atoms with van der Waals surface area (Å²) in [5, 5.41) is 3.85. The number of piperazine rings is 1. The van der Waals surface area contributed by atoms with Crippen molar-refractivity contribution < 1.29 is 9.59 Å². The highest BCUT2D eigenvalue weighted by molar-refractivity contribution is 7.19. The van der Waals surface area contributed by atoms with Crippen LogP contribution in [0, 0.1) is 0 Å². The number of hydrogen-bond acceptors (Lipinski definition) is 5. The lowest BCUT2D eigenvalue weighted by molar-refractivity contribution is -0.128. The summed E-state index contributed by atoms with van der Waals surface area (Å²) < 4.78 is 1.12. The number of nitrogens with one attached hydrogen (secondary N) is 1. The summed E-state index contributed by atoms with van der Waals surface area (Å²) in [5.74, 6) is 0.106. The zero-order chi connectivity index (χ0) is 17.9. The molecular weight excluding hydrogens is 348 g/mol. The fourth-order valence-corrected chi connectivity index (χ4v) is 3.91. The molecule has 1 aliphatic heterocycles. The molecular formula is C19H22N4O2S. The maximum atomic E-state index is 12.4. The van der Waals surface area contributed by atoms with E-state index in [-0.39, 0.29) is 11.8 Å². The highest BCUT2D eigenvalue weighted by Crippen LogP contribution is 2.22. The Bertz CT molecular complexity index is 802. The van der Waals surface area contributed by atoms with Crippen LogP contribution in [0.5, 0.6) is 0 Å². The van der Waals surface area contributed by atoms with Gasteiger partial charge in [-0.2, -0.15) is 0 Å². The smallest absolute Gasteiger partial charge is 0.246 e. The number of rotatable bonds is 5. The van der Waals surface area contributed by atoms with E-state index in [1.165, 1.54) is 0 Å². The van der Waals surface area contributed by atoms with E-state index in [1.807, 2.05) is 29.2 Å². The molecule has 1 aliphatic carbocycles. The molecule has 0 unspecified atom stereocenters. The predicted octanol–water partition coefficient (Wildman–Crippen LogP) is 1.73. The van der Waals surface area contributed by atoms with Crippen molar-refractivity contribution in [2.24, 2.45) is 0 Å². The second-order valence-corrected chi connectivity index (χ2v) is 7.86. The number of carbonyl (C=O) groups excluding carboxylic acids is 2. The van der Waals surface area contributed by atoms with Gasteiger partial charge in [0.25, 0.3) is 0 Å². The van der Waals surface area contributed by atoms with Gasteiger partial charge in [-0.25, -0.2) is 4.98 Å². The van der Waals surface area contributed by atoms with E-state index >= 15 is 0 Å². The molecule has 0 bridgehead atoms. The number of aromatic nitrogens is 1. The minimum Gasteiger partial charge on any atom is -0.352 e. The van der Waals surface area contributed by atoms with Crippen LogP contribution in [0.15, 0.2) is 30.3 Å². The Kier molecular flexibility index (Phi) is 4.99. The fraction of sp³-hybridized carbons (Fsp3) is 0.421. The van der Waals surface area contributed by atoms with Crippen molar-refractivity contribution in [1.82, 2.24) is 20.1 Å². The van der Waals surface area contributed by atoms with Gasteiger partial charge in [-0.1, -0.05) is 12.1 Å². The van der Waals surface area contributed by atoms with Gasteiger partial charge in [-0.05, 0) is 31.1 Å². The average molecular weight is 370 g/mol. The highest BCUT2D eigenvalue weighted by Gasteiger charge is 2.25. The van der Waals surface area contributed by atoms with E-state index in [0.29, 0.717) is 25.7 Å². The van der Waals surface area contributed by atoms with Crippen LogP contribution in [0.2, 0.25) is 0 Å². The molecule has 6 nitrogen and oxygen atoms in total. The molecule has 2 heterocycles. The zero-order valence-electron chi connectivity index (χ0n) is 14.6. The second kappa shape index (κ2) is 7.55. The van der Waals surface area contributed by atoms with Crippen molar-refractivity contribution >= 4 is 39.4 Å². The molecule has 7 heteroatoms. The summed E-state index contributed by atoms with van der Waals surface area (Å²) in [7, 11) is 0. The first-order valence-corrected chi connectivity index (χ1v) is 9.83. The van der Waals surface area contributed by atoms with Crippen molar-refractivity contribution in [2.75, 3.05) is 32.7 Å². The van der Waals surface area contributed by atoms with E-state index in [4.69, 9.17) is 0 Å². The minimum atomic E-state index is 0.00587. The summed E-state index contributed by atoms with van der Waals surface area (Å²) >= 11 is 1.58. The molecule has 2 aliphatic rings. The molecule has 1 aromatic heterocycles. The van der Waals surface area contributed by atoms with E-state index in [0.717, 1.165) is 41.2 Å². The first kappa shape index (κ1) is 17.2. The Hall–Kier alpha value is -2.25. The number of carbonyl (C=O) groups is 2. The topological polar surface area (TPSA) is 65.5 Å². The Morgan fingerprint density at radius 1 is 1.19 bits per heavy atom. The van der Waals surface area contributed by atoms with Gasteiger partial charge in [-0.15, -0.1) is 11.3 Å². The maximum absolute atomic E-state index is 12.4. The van der Waals surface area contributed by atoms with E-state index in [9.17, 15) is 9.59 Å². The number of fused-ring (bicyclic) bond motifs is 1. The molecule has 2 amide bonds. The van der Waals surface area contributed by atoms with Crippen molar-refractivity contribution in [3.05, 3.63) is 35.3 Å². The Balaban J connectivity index is 1.27. The molecule has 1 saturated heterocycles. The van der Waals surface area contributed by atoms with Crippen LogP contribution in [0.1, 0.15) is 17.8 Å². The van der Waals surface area contributed by atoms with Crippen LogP contribution in [0.25, 0.3) is 16.3 Å². The molecule has 0 radical (unpaired) electrons. The number of hydrogen-bond donors (Lipinski definition) is 1. The fourth-order valence-electron chi connectivity index (χ4n) is 3.04. The van der Waals surface area contributed by atoms with Crippen molar-refractivity contribution in [3.8, 4) is 0 Å². The van der Waals surface area contributed by atoms with E-state index in [2.05, 4.69) is 15.2 Å². The predicted molar refractivity (Wildman–Crippen MR) is 103 cm³/mol. The van der Waals surface area contributed by atoms with Gasteiger partial charge >= 0.3 is 0 Å². The standard InChI is InChI=1S/C19H22N4O2S/c24-17(20-14-5-6-14)13-22-9-11-23(12-10-22)19(25)8-7-18-21-15-3-1-2-4-16(15)26-18/h1-4,7-8,14H,5-6,9-13H2,(H,20,24)/b8-7+. The number of amides is 2. The molecule has 1 N–H and O–H groups in total. The largest absolute Gasteiger partial charge is 0.352 e. The van der Waals surface area contributed by atoms with Crippen LogP contribution in [-0.4, -0.2) is 65.4 Å². The molecule has 26 heavy (non-hydrogen) atoms. The Morgan fingerprint density at radius 3 is 2.69 bits per heavy atom. The SMILES string of the molecule is O=C(CN1CCN(C(=O)/C=C/c2nc3ccccc3s2)CC1)NC1CC1. The zero-order valence-corrected chi connectivity index (χ0v) is 15.4. The monoisotopic (exact) mass is 370 g/mol. The van der Waals surface area contributed by atoms with Crippen LogP contribution in [0.3, 0.4) is 0 Å². The van der Waals surface area contributed by atoms with E-state index in [1.54, 1.807) is 23.5 Å². The van der Waals surface area contributed by atoms with Gasteiger partial charge < -0.3 is 10.2 Å². The quantitative estimate of drug-likeness (QED) is 0.814. The highest BCUT2D eigenvalue weighted by atomic mass is 32.1. The van der Waals surface area contributed by atoms with Gasteiger partial charge in [0, 0.05) is 38.3 Å². The van der Waals surface area contributed by atoms with Gasteiger partial charge in [0.1, 0.15) is 5.01 Å². The van der Waals surface area contributed by atoms with Gasteiger partial charge in [0.05, 0.1) is 16.8 Å². The third-order valence-corrected chi connectivity index (χ3v) is 5.67. The lowest BCUT2D eigenvalue weighted by atomic mass is 10.3. The summed E-state index contributed by atoms with van der Waals surface area (Å²) in [6.07, 6.45) is 5.61. The summed E-state index contributed by atoms with van der Waals surface area (Å²) in [6.45, 7) is 3.21. The lowest BCUT2D eigenvalue weighted by Gasteiger charge is -2.33. The first-order chi connectivity index (χ1) is 12.7. The number of thiazole rings is 1. The third-order valence-electron chi connectivity index (χ3n) is 4.67. The number of benzene rings is 1. The average Bonchev–Trinajstić information content (AvgIpc) is 3.35. The normalized spacial score (nSPS) is 18.5. The molecule has 2 aromatic rings. The van der Waals surface area contributed by atoms with Crippen LogP contribution >= 0.6 is 11.3 Å². The molecule has 1 aromatic carbocycles. The number of para-hydroxylation sites is 1. The second-order valence-electron chi connectivity index (χ2n) is 6.80. The van der Waals surface area contributed by atoms with Crippen LogP contribution < -0.4 is 5.32 Å². The molecule has 2 fully saturated rings. The van der Waals surface area contributed by atoms with Gasteiger partial charge in [-0.3, -0.25) is 14.5 Å². The summed E-state index contributed by atoms with van der Waals surface area (Å²) in [6, 6.07) is 8.36. The van der Waals surface area contributed by atoms with Crippen molar-refractivity contribution in [1.29, 1.82) is 0 Å². The Labute approximate surface area is 156 Å².